The van der Waals surface area contributed by atoms with Crippen molar-refractivity contribution in [3.05, 3.63) is 28.2 Å². The van der Waals surface area contributed by atoms with Crippen molar-refractivity contribution in [2.45, 2.75) is 13.0 Å². The summed E-state index contributed by atoms with van der Waals surface area (Å²) in [6, 6.07) is 6.02. The van der Waals surface area contributed by atoms with Crippen molar-refractivity contribution < 1.29 is 5.11 Å². The molecule has 78 valence electrons. The van der Waals surface area contributed by atoms with E-state index in [0.29, 0.717) is 6.54 Å². The Bertz CT molecular complexity index is 304. The van der Waals surface area contributed by atoms with Crippen molar-refractivity contribution >= 4 is 21.6 Å². The van der Waals surface area contributed by atoms with Crippen LogP contribution < -0.4 is 11.1 Å². The Balaban J connectivity index is 2.59. The Morgan fingerprint density at radius 3 is 2.86 bits per heavy atom. The first-order chi connectivity index (χ1) is 6.63. The average Bonchev–Trinajstić information content (AvgIpc) is 2.16. The highest BCUT2D eigenvalue weighted by Crippen LogP contribution is 2.23. The summed E-state index contributed by atoms with van der Waals surface area (Å²) < 4.78 is 1.00. The molecule has 1 aromatic rings. The molecule has 0 bridgehead atoms. The third-order valence-electron chi connectivity index (χ3n) is 1.92. The van der Waals surface area contributed by atoms with Crippen molar-refractivity contribution in [3.8, 4) is 0 Å². The zero-order valence-corrected chi connectivity index (χ0v) is 9.71. The Hall–Kier alpha value is -0.580. The molecule has 0 saturated carbocycles. The van der Waals surface area contributed by atoms with Gasteiger partial charge in [-0.2, -0.15) is 0 Å². The summed E-state index contributed by atoms with van der Waals surface area (Å²) in [6.45, 7) is 2.78. The highest BCUT2D eigenvalue weighted by atomic mass is 79.9. The maximum absolute atomic E-state index is 9.26. The number of nitrogens with one attached hydrogen (secondary N) is 1. The van der Waals surface area contributed by atoms with Crippen LogP contribution in [-0.2, 0) is 0 Å². The predicted octanol–water partition coefficient (Wildman–Crippen LogP) is 1.49. The molecule has 1 atom stereocenters. The zero-order chi connectivity index (χ0) is 10.6. The number of hydrogen-bond acceptors (Lipinski definition) is 3. The molecule has 0 fully saturated rings. The van der Waals surface area contributed by atoms with Gasteiger partial charge in [0.05, 0.1) is 6.10 Å². The van der Waals surface area contributed by atoms with E-state index >= 15 is 0 Å². The van der Waals surface area contributed by atoms with Gasteiger partial charge in [0.2, 0.25) is 0 Å². The van der Waals surface area contributed by atoms with Gasteiger partial charge in [-0.3, -0.25) is 0 Å². The van der Waals surface area contributed by atoms with Crippen LogP contribution in [0.15, 0.2) is 22.7 Å². The third kappa shape index (κ3) is 3.29. The Morgan fingerprint density at radius 1 is 1.57 bits per heavy atom. The van der Waals surface area contributed by atoms with Gasteiger partial charge in [-0.25, -0.2) is 0 Å². The first-order valence-electron chi connectivity index (χ1n) is 4.51. The van der Waals surface area contributed by atoms with Crippen molar-refractivity contribution in [2.24, 2.45) is 5.73 Å². The van der Waals surface area contributed by atoms with Gasteiger partial charge in [-0.15, -0.1) is 0 Å². The van der Waals surface area contributed by atoms with E-state index in [4.69, 9.17) is 5.73 Å². The zero-order valence-electron chi connectivity index (χ0n) is 8.13. The van der Waals surface area contributed by atoms with Crippen LogP contribution in [0, 0.1) is 6.92 Å². The molecule has 0 saturated heterocycles. The summed E-state index contributed by atoms with van der Waals surface area (Å²) in [7, 11) is 0. The summed E-state index contributed by atoms with van der Waals surface area (Å²) >= 11 is 3.44. The molecule has 4 N–H and O–H groups in total. The molecule has 4 heteroatoms. The van der Waals surface area contributed by atoms with E-state index < -0.39 is 6.10 Å². The lowest BCUT2D eigenvalue weighted by molar-refractivity contribution is 0.196. The topological polar surface area (TPSA) is 58.3 Å². The quantitative estimate of drug-likeness (QED) is 0.767. The number of nitrogens with two attached hydrogens (primary N) is 1. The summed E-state index contributed by atoms with van der Waals surface area (Å²) in [5.41, 5.74) is 7.47. The molecular weight excluding hydrogens is 244 g/mol. The molecular formula is C10H15BrN2O. The number of aliphatic hydroxyl groups excluding tert-OH is 1. The van der Waals surface area contributed by atoms with Crippen molar-refractivity contribution in [1.29, 1.82) is 0 Å². The maximum Gasteiger partial charge on any atom is 0.0834 e. The van der Waals surface area contributed by atoms with Gasteiger partial charge < -0.3 is 16.2 Å². The lowest BCUT2D eigenvalue weighted by atomic mass is 10.2. The molecule has 0 amide bonds. The second-order valence-electron chi connectivity index (χ2n) is 3.25. The van der Waals surface area contributed by atoms with Crippen LogP contribution in [0.5, 0.6) is 0 Å². The number of rotatable bonds is 4. The lowest BCUT2D eigenvalue weighted by Crippen LogP contribution is -2.27. The van der Waals surface area contributed by atoms with E-state index in [9.17, 15) is 5.11 Å². The number of benzene rings is 1. The monoisotopic (exact) mass is 258 g/mol. The van der Waals surface area contributed by atoms with Crippen LogP contribution in [0.4, 0.5) is 5.69 Å². The molecule has 3 nitrogen and oxygen atoms in total. The van der Waals surface area contributed by atoms with Gasteiger partial charge in [-0.05, 0) is 40.5 Å². The fourth-order valence-corrected chi connectivity index (χ4v) is 1.71. The van der Waals surface area contributed by atoms with Crippen LogP contribution in [0.1, 0.15) is 5.56 Å². The van der Waals surface area contributed by atoms with Gasteiger partial charge in [0.15, 0.2) is 0 Å². The molecule has 1 rings (SSSR count). The number of hydrogen-bond donors (Lipinski definition) is 3. The molecule has 1 aromatic carbocycles. The van der Waals surface area contributed by atoms with Crippen LogP contribution in [0.2, 0.25) is 0 Å². The second kappa shape index (κ2) is 5.34. The van der Waals surface area contributed by atoms with Crippen LogP contribution in [0.3, 0.4) is 0 Å². The van der Waals surface area contributed by atoms with E-state index in [0.717, 1.165) is 10.2 Å². The van der Waals surface area contributed by atoms with E-state index in [1.54, 1.807) is 0 Å². The van der Waals surface area contributed by atoms with E-state index in [1.165, 1.54) is 5.56 Å². The Morgan fingerprint density at radius 2 is 2.29 bits per heavy atom. The first-order valence-corrected chi connectivity index (χ1v) is 5.31. The average molecular weight is 259 g/mol. The predicted molar refractivity (Wildman–Crippen MR) is 62.4 cm³/mol. The van der Waals surface area contributed by atoms with Gasteiger partial charge in [0.1, 0.15) is 0 Å². The number of halogens is 1. The lowest BCUT2D eigenvalue weighted by Gasteiger charge is -2.12. The summed E-state index contributed by atoms with van der Waals surface area (Å²) in [5.74, 6) is 0. The van der Waals surface area contributed by atoms with Gasteiger partial charge in [0, 0.05) is 23.2 Å². The Labute approximate surface area is 92.4 Å². The minimum Gasteiger partial charge on any atom is -0.390 e. The van der Waals surface area contributed by atoms with E-state index in [2.05, 4.69) is 21.2 Å². The highest BCUT2D eigenvalue weighted by molar-refractivity contribution is 9.10. The fourth-order valence-electron chi connectivity index (χ4n) is 1.07. The second-order valence-corrected chi connectivity index (χ2v) is 4.11. The number of aryl methyl sites for hydroxylation is 1. The number of anilines is 1. The fraction of sp³-hybridized carbons (Fsp3) is 0.400. The molecule has 0 unspecified atom stereocenters. The molecule has 0 heterocycles. The van der Waals surface area contributed by atoms with Crippen molar-refractivity contribution in [3.63, 3.8) is 0 Å². The molecule has 0 spiro atoms. The molecule has 0 aliphatic carbocycles. The van der Waals surface area contributed by atoms with Gasteiger partial charge >= 0.3 is 0 Å². The third-order valence-corrected chi connectivity index (χ3v) is 2.58. The molecule has 0 radical (unpaired) electrons. The summed E-state index contributed by atoms with van der Waals surface area (Å²) in [5, 5.41) is 12.4. The normalized spacial score (nSPS) is 12.6. The highest BCUT2D eigenvalue weighted by Gasteiger charge is 2.03. The minimum absolute atomic E-state index is 0.274. The van der Waals surface area contributed by atoms with Gasteiger partial charge in [-0.1, -0.05) is 6.07 Å². The minimum atomic E-state index is -0.497. The van der Waals surface area contributed by atoms with Crippen molar-refractivity contribution in [1.82, 2.24) is 0 Å². The molecule has 0 aromatic heterocycles. The van der Waals surface area contributed by atoms with Gasteiger partial charge in [0.25, 0.3) is 0 Å². The summed E-state index contributed by atoms with van der Waals surface area (Å²) in [6.07, 6.45) is -0.497. The SMILES string of the molecule is Cc1ccc(NC[C@@H](O)CN)c(Br)c1. The Kier molecular flexibility index (Phi) is 4.38. The molecule has 14 heavy (non-hydrogen) atoms. The van der Waals surface area contributed by atoms with Crippen molar-refractivity contribution in [2.75, 3.05) is 18.4 Å². The van der Waals surface area contributed by atoms with Crippen LogP contribution in [0.25, 0.3) is 0 Å². The van der Waals surface area contributed by atoms with Crippen LogP contribution >= 0.6 is 15.9 Å². The van der Waals surface area contributed by atoms with E-state index in [-0.39, 0.29) is 6.54 Å². The maximum atomic E-state index is 9.26. The largest absolute Gasteiger partial charge is 0.390 e. The smallest absolute Gasteiger partial charge is 0.0834 e. The molecule has 0 aliphatic heterocycles. The molecule has 0 aliphatic rings. The first kappa shape index (κ1) is 11.5. The van der Waals surface area contributed by atoms with Crippen LogP contribution in [-0.4, -0.2) is 24.3 Å². The number of aliphatic hydroxyl groups is 1. The van der Waals surface area contributed by atoms with E-state index in [1.807, 2.05) is 25.1 Å². The summed E-state index contributed by atoms with van der Waals surface area (Å²) in [4.78, 5) is 0. The standard InChI is InChI=1S/C10H15BrN2O/c1-7-2-3-10(9(11)4-7)13-6-8(14)5-12/h2-4,8,13-14H,5-6,12H2,1H3/t8-/m0/s1.